The number of carbonyl (C=O) groups is 1. The third-order valence-electron chi connectivity index (χ3n) is 1.78. The minimum atomic E-state index is -0.362. The van der Waals surface area contributed by atoms with E-state index in [2.05, 4.69) is 26.7 Å². The van der Waals surface area contributed by atoms with Gasteiger partial charge in [0.1, 0.15) is 6.04 Å². The molecule has 1 aromatic carbocycles. The lowest BCUT2D eigenvalue weighted by Gasteiger charge is -2.14. The van der Waals surface area contributed by atoms with Gasteiger partial charge in [0.15, 0.2) is 0 Å². The lowest BCUT2D eigenvalue weighted by Crippen LogP contribution is -2.41. The second-order valence-corrected chi connectivity index (χ2v) is 3.71. The average Bonchev–Trinajstić information content (AvgIpc) is 2.20. The molecule has 0 bridgehead atoms. The average molecular weight is 258 g/mol. The van der Waals surface area contributed by atoms with Crippen LogP contribution in [0.25, 0.3) is 0 Å². The molecule has 4 N–H and O–H groups in total. The Morgan fingerprint density at radius 1 is 1.50 bits per heavy atom. The number of anilines is 1. The largest absolute Gasteiger partial charge is 0.373 e. The topological polar surface area (TPSA) is 67.2 Å². The van der Waals surface area contributed by atoms with Gasteiger partial charge in [-0.1, -0.05) is 12.1 Å². The molecule has 1 aromatic rings. The van der Waals surface area contributed by atoms with Gasteiger partial charge < -0.3 is 5.32 Å². The Hall–Kier alpha value is -1.07. The highest BCUT2D eigenvalue weighted by Crippen LogP contribution is 2.21. The number of hydrogen-bond donors (Lipinski definition) is 3. The highest BCUT2D eigenvalue weighted by Gasteiger charge is 2.11. The number of halogens is 1. The third kappa shape index (κ3) is 2.71. The van der Waals surface area contributed by atoms with E-state index in [0.29, 0.717) is 0 Å². The van der Waals surface area contributed by atoms with Crippen LogP contribution >= 0.6 is 15.9 Å². The van der Waals surface area contributed by atoms with Crippen LogP contribution in [0.4, 0.5) is 5.69 Å². The van der Waals surface area contributed by atoms with E-state index in [1.54, 1.807) is 6.92 Å². The SMILES string of the molecule is C[C@@H](Nc1ccccc1Br)C(=O)NN. The Bertz CT molecular complexity index is 330. The molecule has 4 nitrogen and oxygen atoms in total. The van der Waals surface area contributed by atoms with Crippen LogP contribution in [-0.4, -0.2) is 11.9 Å². The molecule has 1 amide bonds. The molecule has 0 heterocycles. The van der Waals surface area contributed by atoms with E-state index in [1.807, 2.05) is 24.3 Å². The Balaban J connectivity index is 2.69. The van der Waals surface area contributed by atoms with Crippen LogP contribution in [0.15, 0.2) is 28.7 Å². The lowest BCUT2D eigenvalue weighted by atomic mass is 10.2. The summed E-state index contributed by atoms with van der Waals surface area (Å²) < 4.78 is 0.914. The van der Waals surface area contributed by atoms with Gasteiger partial charge in [0, 0.05) is 10.2 Å². The Morgan fingerprint density at radius 2 is 2.14 bits per heavy atom. The molecule has 5 heteroatoms. The van der Waals surface area contributed by atoms with E-state index >= 15 is 0 Å². The predicted octanol–water partition coefficient (Wildman–Crippen LogP) is 1.24. The molecule has 0 saturated carbocycles. The standard InChI is InChI=1S/C9H12BrN3O/c1-6(9(14)13-11)12-8-5-3-2-4-7(8)10/h2-6,12H,11H2,1H3,(H,13,14)/t6-/m1/s1. The summed E-state index contributed by atoms with van der Waals surface area (Å²) in [7, 11) is 0. The zero-order valence-electron chi connectivity index (χ0n) is 7.75. The number of para-hydroxylation sites is 1. The van der Waals surface area contributed by atoms with Crippen molar-refractivity contribution < 1.29 is 4.79 Å². The number of nitrogens with two attached hydrogens (primary N) is 1. The zero-order chi connectivity index (χ0) is 10.6. The fourth-order valence-electron chi connectivity index (χ4n) is 1.00. The molecule has 14 heavy (non-hydrogen) atoms. The van der Waals surface area contributed by atoms with Crippen molar-refractivity contribution in [3.05, 3.63) is 28.7 Å². The van der Waals surface area contributed by atoms with Crippen molar-refractivity contribution in [2.24, 2.45) is 5.84 Å². The first kappa shape index (κ1) is 11.0. The number of nitrogens with one attached hydrogen (secondary N) is 2. The molecular weight excluding hydrogens is 246 g/mol. The number of amides is 1. The number of rotatable bonds is 3. The smallest absolute Gasteiger partial charge is 0.256 e. The van der Waals surface area contributed by atoms with E-state index < -0.39 is 0 Å². The predicted molar refractivity (Wildman–Crippen MR) is 59.6 cm³/mol. The first-order valence-corrected chi connectivity index (χ1v) is 4.96. The van der Waals surface area contributed by atoms with Crippen LogP contribution in [0, 0.1) is 0 Å². The normalized spacial score (nSPS) is 11.9. The van der Waals surface area contributed by atoms with Crippen molar-refractivity contribution in [2.45, 2.75) is 13.0 Å². The van der Waals surface area contributed by atoms with Crippen LogP contribution in [0.2, 0.25) is 0 Å². The fraction of sp³-hybridized carbons (Fsp3) is 0.222. The number of benzene rings is 1. The van der Waals surface area contributed by atoms with Gasteiger partial charge in [0.2, 0.25) is 0 Å². The summed E-state index contributed by atoms with van der Waals surface area (Å²) in [6.45, 7) is 1.74. The number of hydrogen-bond acceptors (Lipinski definition) is 3. The van der Waals surface area contributed by atoms with Crippen molar-refractivity contribution in [3.63, 3.8) is 0 Å². The van der Waals surface area contributed by atoms with Gasteiger partial charge in [0.05, 0.1) is 0 Å². The summed E-state index contributed by atoms with van der Waals surface area (Å²) in [5, 5.41) is 3.02. The van der Waals surface area contributed by atoms with Gasteiger partial charge >= 0.3 is 0 Å². The Labute approximate surface area is 91.0 Å². The maximum atomic E-state index is 11.1. The van der Waals surface area contributed by atoms with Crippen LogP contribution in [0.1, 0.15) is 6.92 Å². The fourth-order valence-corrected chi connectivity index (χ4v) is 1.40. The van der Waals surface area contributed by atoms with Crippen molar-refractivity contribution >= 4 is 27.5 Å². The highest BCUT2D eigenvalue weighted by atomic mass is 79.9. The second-order valence-electron chi connectivity index (χ2n) is 2.85. The molecule has 0 aliphatic rings. The van der Waals surface area contributed by atoms with Gasteiger partial charge in [-0.3, -0.25) is 10.2 Å². The summed E-state index contributed by atoms with van der Waals surface area (Å²) >= 11 is 3.37. The highest BCUT2D eigenvalue weighted by molar-refractivity contribution is 9.10. The van der Waals surface area contributed by atoms with Gasteiger partial charge in [-0.15, -0.1) is 0 Å². The summed E-state index contributed by atoms with van der Waals surface area (Å²) in [6.07, 6.45) is 0. The maximum Gasteiger partial charge on any atom is 0.256 e. The summed E-state index contributed by atoms with van der Waals surface area (Å²) in [4.78, 5) is 11.1. The molecule has 0 aliphatic heterocycles. The third-order valence-corrected chi connectivity index (χ3v) is 2.47. The zero-order valence-corrected chi connectivity index (χ0v) is 9.34. The molecule has 0 radical (unpaired) electrons. The Kier molecular flexibility index (Phi) is 3.91. The molecule has 1 atom stereocenters. The number of hydrazine groups is 1. The van der Waals surface area contributed by atoms with E-state index in [1.165, 1.54) is 0 Å². The van der Waals surface area contributed by atoms with E-state index in [9.17, 15) is 4.79 Å². The first-order chi connectivity index (χ1) is 6.65. The monoisotopic (exact) mass is 257 g/mol. The van der Waals surface area contributed by atoms with Crippen LogP contribution < -0.4 is 16.6 Å². The second kappa shape index (κ2) is 4.97. The molecule has 0 aromatic heterocycles. The van der Waals surface area contributed by atoms with E-state index in [-0.39, 0.29) is 11.9 Å². The summed E-state index contributed by atoms with van der Waals surface area (Å²) in [5.74, 6) is 4.76. The van der Waals surface area contributed by atoms with Crippen LogP contribution in [0.5, 0.6) is 0 Å². The van der Waals surface area contributed by atoms with Gasteiger partial charge in [-0.25, -0.2) is 5.84 Å². The van der Waals surface area contributed by atoms with Crippen molar-refractivity contribution in [1.82, 2.24) is 5.43 Å². The van der Waals surface area contributed by atoms with Crippen molar-refractivity contribution in [2.75, 3.05) is 5.32 Å². The van der Waals surface area contributed by atoms with Crippen molar-refractivity contribution in [3.8, 4) is 0 Å². The van der Waals surface area contributed by atoms with Crippen LogP contribution in [0.3, 0.4) is 0 Å². The maximum absolute atomic E-state index is 11.1. The molecule has 76 valence electrons. The molecule has 1 rings (SSSR count). The van der Waals surface area contributed by atoms with Crippen LogP contribution in [-0.2, 0) is 4.79 Å². The molecule has 0 saturated heterocycles. The minimum Gasteiger partial charge on any atom is -0.373 e. The molecule has 0 spiro atoms. The summed E-state index contributed by atoms with van der Waals surface area (Å²) in [5.41, 5.74) is 2.95. The minimum absolute atomic E-state index is 0.249. The molecule has 0 fully saturated rings. The Morgan fingerprint density at radius 3 is 2.71 bits per heavy atom. The molecule has 0 unspecified atom stereocenters. The molecular formula is C9H12BrN3O. The van der Waals surface area contributed by atoms with E-state index in [0.717, 1.165) is 10.2 Å². The van der Waals surface area contributed by atoms with Crippen molar-refractivity contribution in [1.29, 1.82) is 0 Å². The van der Waals surface area contributed by atoms with Gasteiger partial charge in [-0.05, 0) is 35.0 Å². The number of carbonyl (C=O) groups excluding carboxylic acids is 1. The van der Waals surface area contributed by atoms with E-state index in [4.69, 9.17) is 5.84 Å². The van der Waals surface area contributed by atoms with Gasteiger partial charge in [0.25, 0.3) is 5.91 Å². The molecule has 0 aliphatic carbocycles. The first-order valence-electron chi connectivity index (χ1n) is 4.16. The van der Waals surface area contributed by atoms with Gasteiger partial charge in [-0.2, -0.15) is 0 Å². The summed E-state index contributed by atoms with van der Waals surface area (Å²) in [6, 6.07) is 7.21. The quantitative estimate of drug-likeness (QED) is 0.434. The lowest BCUT2D eigenvalue weighted by molar-refractivity contribution is -0.121.